The maximum absolute atomic E-state index is 11.7. The van der Waals surface area contributed by atoms with Gasteiger partial charge < -0.3 is 16.0 Å². The third-order valence-corrected chi connectivity index (χ3v) is 2.86. The number of para-hydroxylation sites is 1. The summed E-state index contributed by atoms with van der Waals surface area (Å²) in [6.45, 7) is 0.768. The Hall–Kier alpha value is -2.04. The summed E-state index contributed by atoms with van der Waals surface area (Å²) in [4.78, 5) is 22.6. The van der Waals surface area contributed by atoms with Crippen LogP contribution in [0.3, 0.4) is 0 Å². The Labute approximate surface area is 106 Å². The fraction of sp³-hybridized carbons (Fsp3) is 0.385. The van der Waals surface area contributed by atoms with Gasteiger partial charge in [-0.3, -0.25) is 9.59 Å². The maximum atomic E-state index is 11.7. The molecule has 18 heavy (non-hydrogen) atoms. The Kier molecular flexibility index (Phi) is 4.17. The molecule has 2 rings (SSSR count). The highest BCUT2D eigenvalue weighted by atomic mass is 16.2. The molecule has 0 saturated carbocycles. The second-order valence-electron chi connectivity index (χ2n) is 4.33. The predicted molar refractivity (Wildman–Crippen MR) is 69.1 cm³/mol. The topological polar surface area (TPSA) is 70.2 Å². The number of piperidine rings is 1. The molecule has 5 nitrogen and oxygen atoms in total. The molecule has 0 bridgehead atoms. The lowest BCUT2D eigenvalue weighted by Gasteiger charge is -2.23. The van der Waals surface area contributed by atoms with Crippen LogP contribution in [0.15, 0.2) is 30.3 Å². The molecule has 0 spiro atoms. The number of amides is 2. The fourth-order valence-corrected chi connectivity index (χ4v) is 1.87. The molecule has 1 saturated heterocycles. The summed E-state index contributed by atoms with van der Waals surface area (Å²) in [7, 11) is 0. The Morgan fingerprint density at radius 2 is 2.11 bits per heavy atom. The minimum atomic E-state index is -0.0556. The van der Waals surface area contributed by atoms with E-state index in [2.05, 4.69) is 16.0 Å². The second-order valence-corrected chi connectivity index (χ2v) is 4.33. The van der Waals surface area contributed by atoms with E-state index in [0.29, 0.717) is 19.4 Å². The van der Waals surface area contributed by atoms with E-state index in [0.717, 1.165) is 5.69 Å². The van der Waals surface area contributed by atoms with Crippen molar-refractivity contribution in [1.82, 2.24) is 10.6 Å². The summed E-state index contributed by atoms with van der Waals surface area (Å²) < 4.78 is 0. The Bertz CT molecular complexity index is 410. The molecule has 96 valence electrons. The van der Waals surface area contributed by atoms with E-state index in [1.54, 1.807) is 0 Å². The van der Waals surface area contributed by atoms with E-state index in [9.17, 15) is 9.59 Å². The zero-order chi connectivity index (χ0) is 12.8. The van der Waals surface area contributed by atoms with E-state index in [4.69, 9.17) is 0 Å². The zero-order valence-electron chi connectivity index (χ0n) is 10.1. The first-order valence-corrected chi connectivity index (χ1v) is 6.09. The van der Waals surface area contributed by atoms with Gasteiger partial charge in [0.1, 0.15) is 0 Å². The average molecular weight is 247 g/mol. The Morgan fingerprint density at radius 3 is 2.78 bits per heavy atom. The molecule has 0 aromatic heterocycles. The van der Waals surface area contributed by atoms with Gasteiger partial charge in [0.05, 0.1) is 6.54 Å². The number of benzene rings is 1. The van der Waals surface area contributed by atoms with Crippen molar-refractivity contribution in [3.05, 3.63) is 30.3 Å². The molecule has 1 fully saturated rings. The molecule has 2 amide bonds. The molecule has 3 N–H and O–H groups in total. The van der Waals surface area contributed by atoms with E-state index < -0.39 is 0 Å². The molecular weight excluding hydrogens is 230 g/mol. The van der Waals surface area contributed by atoms with Crippen molar-refractivity contribution in [2.45, 2.75) is 18.9 Å². The summed E-state index contributed by atoms with van der Waals surface area (Å²) in [6.07, 6.45) is 1.19. The number of hydrogen-bond acceptors (Lipinski definition) is 3. The first kappa shape index (κ1) is 12.4. The summed E-state index contributed by atoms with van der Waals surface area (Å²) >= 11 is 0. The Morgan fingerprint density at radius 1 is 1.33 bits per heavy atom. The van der Waals surface area contributed by atoms with Crippen LogP contribution in [0.5, 0.6) is 0 Å². The van der Waals surface area contributed by atoms with Crippen LogP contribution in [0, 0.1) is 0 Å². The fourth-order valence-electron chi connectivity index (χ4n) is 1.87. The van der Waals surface area contributed by atoms with Gasteiger partial charge >= 0.3 is 0 Å². The van der Waals surface area contributed by atoms with Crippen molar-refractivity contribution < 1.29 is 9.59 Å². The lowest BCUT2D eigenvalue weighted by atomic mass is 10.1. The molecule has 1 heterocycles. The van der Waals surface area contributed by atoms with Crippen LogP contribution in [-0.2, 0) is 9.59 Å². The maximum Gasteiger partial charge on any atom is 0.239 e. The smallest absolute Gasteiger partial charge is 0.239 e. The lowest BCUT2D eigenvalue weighted by Crippen LogP contribution is -2.49. The number of hydrogen-bond donors (Lipinski definition) is 3. The molecule has 1 aliphatic heterocycles. The standard InChI is InChI=1S/C13H17N3O2/c17-12-7-6-11(8-15-12)16-13(18)9-14-10-4-2-1-3-5-10/h1-5,11,14H,6-9H2,(H,15,17)(H,16,18). The summed E-state index contributed by atoms with van der Waals surface area (Å²) in [5, 5.41) is 8.67. The van der Waals surface area contributed by atoms with Gasteiger partial charge in [-0.15, -0.1) is 0 Å². The summed E-state index contributed by atoms with van der Waals surface area (Å²) in [5.41, 5.74) is 0.921. The number of rotatable bonds is 4. The lowest BCUT2D eigenvalue weighted by molar-refractivity contribution is -0.125. The highest BCUT2D eigenvalue weighted by Gasteiger charge is 2.19. The Balaban J connectivity index is 1.71. The molecule has 1 aromatic carbocycles. The molecule has 1 unspecified atom stereocenters. The highest BCUT2D eigenvalue weighted by molar-refractivity contribution is 5.82. The predicted octanol–water partition coefficient (Wildman–Crippen LogP) is 0.493. The van der Waals surface area contributed by atoms with E-state index in [1.807, 2.05) is 30.3 Å². The van der Waals surface area contributed by atoms with E-state index >= 15 is 0 Å². The molecule has 0 aliphatic carbocycles. The zero-order valence-corrected chi connectivity index (χ0v) is 10.1. The van der Waals surface area contributed by atoms with Gasteiger partial charge in [0.2, 0.25) is 11.8 Å². The van der Waals surface area contributed by atoms with Crippen molar-refractivity contribution >= 4 is 17.5 Å². The molecule has 5 heteroatoms. The van der Waals surface area contributed by atoms with Crippen molar-refractivity contribution in [3.8, 4) is 0 Å². The van der Waals surface area contributed by atoms with Crippen molar-refractivity contribution in [3.63, 3.8) is 0 Å². The third-order valence-electron chi connectivity index (χ3n) is 2.86. The number of anilines is 1. The van der Waals surface area contributed by atoms with Crippen LogP contribution < -0.4 is 16.0 Å². The normalized spacial score (nSPS) is 18.9. The molecule has 0 radical (unpaired) electrons. The van der Waals surface area contributed by atoms with Crippen molar-refractivity contribution in [2.75, 3.05) is 18.4 Å². The van der Waals surface area contributed by atoms with Gasteiger partial charge in [-0.1, -0.05) is 18.2 Å². The van der Waals surface area contributed by atoms with Crippen LogP contribution in [-0.4, -0.2) is 30.9 Å². The van der Waals surface area contributed by atoms with Gasteiger partial charge in [-0.25, -0.2) is 0 Å². The SMILES string of the molecule is O=C1CCC(NC(=O)CNc2ccccc2)CN1. The molecule has 1 aliphatic rings. The van der Waals surface area contributed by atoms with Crippen LogP contribution >= 0.6 is 0 Å². The van der Waals surface area contributed by atoms with Gasteiger partial charge in [-0.05, 0) is 18.6 Å². The van der Waals surface area contributed by atoms with Crippen molar-refractivity contribution in [1.29, 1.82) is 0 Å². The first-order valence-electron chi connectivity index (χ1n) is 6.09. The van der Waals surface area contributed by atoms with Crippen LogP contribution in [0.2, 0.25) is 0 Å². The van der Waals surface area contributed by atoms with E-state index in [1.165, 1.54) is 0 Å². The minimum absolute atomic E-state index is 0.0489. The monoisotopic (exact) mass is 247 g/mol. The largest absolute Gasteiger partial charge is 0.376 e. The highest BCUT2D eigenvalue weighted by Crippen LogP contribution is 2.05. The van der Waals surface area contributed by atoms with Gasteiger partial charge in [0.25, 0.3) is 0 Å². The van der Waals surface area contributed by atoms with Crippen LogP contribution in [0.1, 0.15) is 12.8 Å². The first-order chi connectivity index (χ1) is 8.74. The van der Waals surface area contributed by atoms with Crippen LogP contribution in [0.4, 0.5) is 5.69 Å². The van der Waals surface area contributed by atoms with Gasteiger partial charge in [0, 0.05) is 24.7 Å². The minimum Gasteiger partial charge on any atom is -0.376 e. The number of carbonyl (C=O) groups is 2. The molecule has 1 atom stereocenters. The summed E-state index contributed by atoms with van der Waals surface area (Å²) in [6, 6.07) is 9.62. The second kappa shape index (κ2) is 6.05. The quantitative estimate of drug-likeness (QED) is 0.725. The van der Waals surface area contributed by atoms with Crippen LogP contribution in [0.25, 0.3) is 0 Å². The number of carbonyl (C=O) groups excluding carboxylic acids is 2. The average Bonchev–Trinajstić information content (AvgIpc) is 2.40. The van der Waals surface area contributed by atoms with Gasteiger partial charge in [0.15, 0.2) is 0 Å². The summed E-state index contributed by atoms with van der Waals surface area (Å²) in [5.74, 6) is 0.00270. The molecule has 1 aromatic rings. The van der Waals surface area contributed by atoms with E-state index in [-0.39, 0.29) is 24.4 Å². The van der Waals surface area contributed by atoms with Crippen molar-refractivity contribution in [2.24, 2.45) is 0 Å². The van der Waals surface area contributed by atoms with Gasteiger partial charge in [-0.2, -0.15) is 0 Å². The molecular formula is C13H17N3O2. The third kappa shape index (κ3) is 3.76. The number of nitrogens with one attached hydrogen (secondary N) is 3.